The van der Waals surface area contributed by atoms with Crippen molar-refractivity contribution in [3.63, 3.8) is 0 Å². The molecule has 1 aromatic carbocycles. The molecule has 72 valence electrons. The maximum atomic E-state index is 9.71. The molecule has 0 aliphatic rings. The monoisotopic (exact) mass is 242 g/mol. The fraction of sp³-hybridized carbons (Fsp3) is 0.455. The minimum absolute atomic E-state index is 0.390. The fourth-order valence-corrected chi connectivity index (χ4v) is 1.77. The van der Waals surface area contributed by atoms with Crippen LogP contribution in [0.3, 0.4) is 0 Å². The minimum atomic E-state index is -0.390. The van der Waals surface area contributed by atoms with Gasteiger partial charge in [-0.2, -0.15) is 0 Å². The lowest BCUT2D eigenvalue weighted by Crippen LogP contribution is -2.03. The van der Waals surface area contributed by atoms with Gasteiger partial charge in [-0.3, -0.25) is 0 Å². The van der Waals surface area contributed by atoms with Crippen LogP contribution in [-0.2, 0) is 0 Å². The third kappa shape index (κ3) is 2.55. The van der Waals surface area contributed by atoms with Gasteiger partial charge < -0.3 is 5.11 Å². The minimum Gasteiger partial charge on any atom is -0.388 e. The predicted molar refractivity (Wildman–Crippen MR) is 59.3 cm³/mol. The van der Waals surface area contributed by atoms with E-state index in [1.165, 1.54) is 5.56 Å². The number of benzene rings is 1. The Morgan fingerprint density at radius 2 is 1.77 bits per heavy atom. The van der Waals surface area contributed by atoms with Crippen LogP contribution in [0.1, 0.15) is 37.0 Å². The van der Waals surface area contributed by atoms with Crippen molar-refractivity contribution in [3.8, 4) is 0 Å². The van der Waals surface area contributed by atoms with Crippen molar-refractivity contribution in [2.75, 3.05) is 5.33 Å². The summed E-state index contributed by atoms with van der Waals surface area (Å²) in [7, 11) is 0. The van der Waals surface area contributed by atoms with Crippen LogP contribution < -0.4 is 0 Å². The van der Waals surface area contributed by atoms with Gasteiger partial charge in [-0.25, -0.2) is 0 Å². The molecule has 2 heteroatoms. The zero-order valence-electron chi connectivity index (χ0n) is 8.00. The number of hydrogen-bond acceptors (Lipinski definition) is 1. The zero-order valence-corrected chi connectivity index (χ0v) is 9.58. The molecule has 0 aliphatic carbocycles. The van der Waals surface area contributed by atoms with Crippen molar-refractivity contribution in [1.29, 1.82) is 0 Å². The number of aliphatic hydroxyl groups excluding tert-OH is 1. The van der Waals surface area contributed by atoms with Crippen molar-refractivity contribution < 1.29 is 5.11 Å². The lowest BCUT2D eigenvalue weighted by Gasteiger charge is -2.15. The smallest absolute Gasteiger partial charge is 0.0889 e. The van der Waals surface area contributed by atoms with Gasteiger partial charge in [0.2, 0.25) is 0 Å². The van der Waals surface area contributed by atoms with Gasteiger partial charge in [0.15, 0.2) is 0 Å². The van der Waals surface area contributed by atoms with Gasteiger partial charge in [0.05, 0.1) is 6.10 Å². The molecule has 0 bridgehead atoms. The first-order valence-electron chi connectivity index (χ1n) is 4.49. The number of alkyl halides is 1. The average molecular weight is 243 g/mol. The fourth-order valence-electron chi connectivity index (χ4n) is 1.42. The highest BCUT2D eigenvalue weighted by atomic mass is 79.9. The van der Waals surface area contributed by atoms with Crippen LogP contribution in [0.2, 0.25) is 0 Å². The molecule has 0 heterocycles. The third-order valence-corrected chi connectivity index (χ3v) is 2.74. The average Bonchev–Trinajstić information content (AvgIpc) is 2.16. The van der Waals surface area contributed by atoms with Gasteiger partial charge in [-0.1, -0.05) is 54.0 Å². The van der Waals surface area contributed by atoms with Crippen molar-refractivity contribution in [3.05, 3.63) is 35.4 Å². The lowest BCUT2D eigenvalue weighted by molar-refractivity contribution is 0.204. The van der Waals surface area contributed by atoms with Crippen LogP contribution in [0, 0.1) is 0 Å². The number of aliphatic hydroxyl groups is 1. The molecule has 1 aromatic rings. The Hall–Kier alpha value is -0.340. The van der Waals surface area contributed by atoms with Crippen molar-refractivity contribution in [2.24, 2.45) is 0 Å². The Morgan fingerprint density at radius 3 is 2.23 bits per heavy atom. The van der Waals surface area contributed by atoms with E-state index in [1.54, 1.807) is 0 Å². The van der Waals surface area contributed by atoms with Crippen LogP contribution >= 0.6 is 15.9 Å². The Kier molecular flexibility index (Phi) is 3.94. The van der Waals surface area contributed by atoms with E-state index in [2.05, 4.69) is 35.8 Å². The van der Waals surface area contributed by atoms with E-state index in [0.717, 1.165) is 5.56 Å². The zero-order chi connectivity index (χ0) is 9.84. The predicted octanol–water partition coefficient (Wildman–Crippen LogP) is 3.24. The summed E-state index contributed by atoms with van der Waals surface area (Å²) >= 11 is 3.28. The van der Waals surface area contributed by atoms with Crippen molar-refractivity contribution in [1.82, 2.24) is 0 Å². The summed E-state index contributed by atoms with van der Waals surface area (Å²) in [6, 6.07) is 8.04. The van der Waals surface area contributed by atoms with E-state index in [-0.39, 0.29) is 0 Å². The standard InChI is InChI=1S/C11H15BrO/c1-8(2)9-5-3-4-6-10(9)11(13)7-12/h3-6,8,11,13H,7H2,1-2H3. The Bertz CT molecular complexity index is 271. The molecule has 0 fully saturated rings. The summed E-state index contributed by atoms with van der Waals surface area (Å²) in [6.45, 7) is 4.28. The maximum absolute atomic E-state index is 9.71. The highest BCUT2D eigenvalue weighted by molar-refractivity contribution is 9.09. The van der Waals surface area contributed by atoms with E-state index in [4.69, 9.17) is 0 Å². The van der Waals surface area contributed by atoms with Crippen LogP contribution in [-0.4, -0.2) is 10.4 Å². The van der Waals surface area contributed by atoms with Gasteiger partial charge in [0.25, 0.3) is 0 Å². The molecule has 0 spiro atoms. The summed E-state index contributed by atoms with van der Waals surface area (Å²) in [5, 5.41) is 10.3. The molecule has 1 atom stereocenters. The first-order chi connectivity index (χ1) is 6.16. The maximum Gasteiger partial charge on any atom is 0.0889 e. The van der Waals surface area contributed by atoms with E-state index >= 15 is 0 Å². The molecule has 13 heavy (non-hydrogen) atoms. The Balaban J connectivity index is 3.04. The second-order valence-corrected chi connectivity index (χ2v) is 4.10. The van der Waals surface area contributed by atoms with Gasteiger partial charge in [-0.15, -0.1) is 0 Å². The quantitative estimate of drug-likeness (QED) is 0.808. The molecule has 0 saturated heterocycles. The molecule has 1 nitrogen and oxygen atoms in total. The summed E-state index contributed by atoms with van der Waals surface area (Å²) in [5.41, 5.74) is 2.27. The van der Waals surface area contributed by atoms with Crippen LogP contribution in [0.15, 0.2) is 24.3 Å². The first kappa shape index (κ1) is 10.7. The topological polar surface area (TPSA) is 20.2 Å². The third-order valence-electron chi connectivity index (χ3n) is 2.12. The van der Waals surface area contributed by atoms with Crippen LogP contribution in [0.4, 0.5) is 0 Å². The van der Waals surface area contributed by atoms with Crippen molar-refractivity contribution in [2.45, 2.75) is 25.9 Å². The van der Waals surface area contributed by atoms with E-state index in [9.17, 15) is 5.11 Å². The van der Waals surface area contributed by atoms with Gasteiger partial charge in [0, 0.05) is 5.33 Å². The van der Waals surface area contributed by atoms with E-state index in [1.807, 2.05) is 18.2 Å². The van der Waals surface area contributed by atoms with E-state index < -0.39 is 6.10 Å². The summed E-state index contributed by atoms with van der Waals surface area (Å²) in [6.07, 6.45) is -0.390. The molecule has 1 unspecified atom stereocenters. The van der Waals surface area contributed by atoms with Gasteiger partial charge in [0.1, 0.15) is 0 Å². The second-order valence-electron chi connectivity index (χ2n) is 3.45. The van der Waals surface area contributed by atoms with Gasteiger partial charge >= 0.3 is 0 Å². The molecular formula is C11H15BrO. The molecule has 1 rings (SSSR count). The summed E-state index contributed by atoms with van der Waals surface area (Å²) < 4.78 is 0. The second kappa shape index (κ2) is 4.77. The van der Waals surface area contributed by atoms with Crippen LogP contribution in [0.5, 0.6) is 0 Å². The van der Waals surface area contributed by atoms with Crippen LogP contribution in [0.25, 0.3) is 0 Å². The first-order valence-corrected chi connectivity index (χ1v) is 5.61. The molecule has 0 radical (unpaired) electrons. The molecule has 1 N–H and O–H groups in total. The molecule has 0 amide bonds. The van der Waals surface area contributed by atoms with Gasteiger partial charge in [-0.05, 0) is 17.0 Å². The lowest BCUT2D eigenvalue weighted by atomic mass is 9.95. The molecule has 0 saturated carbocycles. The number of halogens is 1. The number of hydrogen-bond donors (Lipinski definition) is 1. The van der Waals surface area contributed by atoms with Crippen molar-refractivity contribution >= 4 is 15.9 Å². The SMILES string of the molecule is CC(C)c1ccccc1C(O)CBr. The molecule has 0 aromatic heterocycles. The normalized spacial score (nSPS) is 13.3. The highest BCUT2D eigenvalue weighted by Gasteiger charge is 2.11. The largest absolute Gasteiger partial charge is 0.388 e. The summed E-state index contributed by atoms with van der Waals surface area (Å²) in [5.74, 6) is 0.463. The number of rotatable bonds is 3. The molecule has 0 aliphatic heterocycles. The molecular weight excluding hydrogens is 228 g/mol. The highest BCUT2D eigenvalue weighted by Crippen LogP contribution is 2.25. The Morgan fingerprint density at radius 1 is 1.23 bits per heavy atom. The Labute approximate surface area is 87.9 Å². The van der Waals surface area contributed by atoms with E-state index in [0.29, 0.717) is 11.2 Å². The summed E-state index contributed by atoms with van der Waals surface area (Å²) in [4.78, 5) is 0.